The number of nitrogens with two attached hydrogens (primary N) is 1. The number of anilines is 1. The number of alkyl halides is 3. The Labute approximate surface area is 121 Å². The molecular formula is C11H12BrF4N3O. The maximum atomic E-state index is 14.1. The maximum absolute atomic E-state index is 14.1. The van der Waals surface area contributed by atoms with E-state index in [1.54, 1.807) is 0 Å². The smallest absolute Gasteiger partial charge is 0.405 e. The van der Waals surface area contributed by atoms with E-state index in [0.29, 0.717) is 0 Å². The topological polar surface area (TPSA) is 61.8 Å². The van der Waals surface area contributed by atoms with Crippen LogP contribution in [0.1, 0.15) is 12.5 Å². The molecule has 0 aliphatic carbocycles. The summed E-state index contributed by atoms with van der Waals surface area (Å²) >= 11 is 2.89. The minimum atomic E-state index is -4.45. The number of benzene rings is 1. The van der Waals surface area contributed by atoms with Gasteiger partial charge in [0.25, 0.3) is 0 Å². The van der Waals surface area contributed by atoms with Crippen LogP contribution in [0.25, 0.3) is 0 Å². The summed E-state index contributed by atoms with van der Waals surface area (Å²) in [5, 5.41) is 11.3. The molecule has 0 radical (unpaired) electrons. The molecule has 0 aliphatic heterocycles. The van der Waals surface area contributed by atoms with Gasteiger partial charge in [-0.3, -0.25) is 0 Å². The summed E-state index contributed by atoms with van der Waals surface area (Å²) < 4.78 is 51.2. The molecule has 9 heteroatoms. The molecule has 0 bridgehead atoms. The SMILES string of the molecule is CCN(CC(F)(F)F)c1ccc(/C(N)=N/O)c(Br)c1F. The van der Waals surface area contributed by atoms with Gasteiger partial charge in [-0.05, 0) is 35.0 Å². The molecule has 0 heterocycles. The second-order valence-electron chi connectivity index (χ2n) is 3.87. The van der Waals surface area contributed by atoms with E-state index in [1.165, 1.54) is 13.0 Å². The Morgan fingerprint density at radius 3 is 2.50 bits per heavy atom. The summed E-state index contributed by atoms with van der Waals surface area (Å²) in [4.78, 5) is 0.843. The highest BCUT2D eigenvalue weighted by atomic mass is 79.9. The second kappa shape index (κ2) is 6.29. The number of oxime groups is 1. The zero-order chi connectivity index (χ0) is 15.5. The van der Waals surface area contributed by atoms with Gasteiger partial charge in [-0.15, -0.1) is 0 Å². The van der Waals surface area contributed by atoms with Crippen molar-refractivity contribution in [2.24, 2.45) is 10.9 Å². The minimum Gasteiger partial charge on any atom is -0.409 e. The molecule has 0 unspecified atom stereocenters. The Morgan fingerprint density at radius 1 is 1.45 bits per heavy atom. The highest BCUT2D eigenvalue weighted by Crippen LogP contribution is 2.31. The van der Waals surface area contributed by atoms with Crippen LogP contribution in [-0.2, 0) is 0 Å². The Hall–Kier alpha value is -1.51. The van der Waals surface area contributed by atoms with Gasteiger partial charge in [0.2, 0.25) is 0 Å². The lowest BCUT2D eigenvalue weighted by atomic mass is 10.1. The summed E-state index contributed by atoms with van der Waals surface area (Å²) in [6.45, 7) is 0.193. The molecule has 1 aromatic rings. The van der Waals surface area contributed by atoms with Crippen molar-refractivity contribution < 1.29 is 22.8 Å². The van der Waals surface area contributed by atoms with Gasteiger partial charge in [0.15, 0.2) is 11.7 Å². The number of amidine groups is 1. The Bertz CT molecular complexity index is 519. The Kier molecular flexibility index (Phi) is 5.21. The average molecular weight is 358 g/mol. The van der Waals surface area contributed by atoms with Crippen LogP contribution >= 0.6 is 15.9 Å². The Balaban J connectivity index is 3.23. The van der Waals surface area contributed by atoms with Crippen LogP contribution < -0.4 is 10.6 Å². The third kappa shape index (κ3) is 3.75. The quantitative estimate of drug-likeness (QED) is 0.286. The Morgan fingerprint density at radius 2 is 2.05 bits per heavy atom. The minimum absolute atomic E-state index is 0.0220. The van der Waals surface area contributed by atoms with E-state index in [1.807, 2.05) is 0 Å². The van der Waals surface area contributed by atoms with E-state index in [-0.39, 0.29) is 28.1 Å². The number of hydrogen-bond donors (Lipinski definition) is 2. The van der Waals surface area contributed by atoms with E-state index >= 15 is 0 Å². The first-order valence-corrected chi connectivity index (χ1v) is 6.28. The van der Waals surface area contributed by atoms with Crippen LogP contribution in [0.15, 0.2) is 21.8 Å². The highest BCUT2D eigenvalue weighted by molar-refractivity contribution is 9.10. The zero-order valence-corrected chi connectivity index (χ0v) is 12.0. The number of halogens is 5. The molecule has 1 aromatic carbocycles. The van der Waals surface area contributed by atoms with Crippen molar-refractivity contribution in [2.75, 3.05) is 18.0 Å². The van der Waals surface area contributed by atoms with Crippen molar-refractivity contribution in [3.63, 3.8) is 0 Å². The molecule has 0 aliphatic rings. The number of nitrogens with zero attached hydrogens (tertiary/aromatic N) is 2. The summed E-state index contributed by atoms with van der Waals surface area (Å²) in [6.07, 6.45) is -4.45. The van der Waals surface area contributed by atoms with Crippen LogP contribution in [0.3, 0.4) is 0 Å². The van der Waals surface area contributed by atoms with Crippen molar-refractivity contribution in [2.45, 2.75) is 13.1 Å². The van der Waals surface area contributed by atoms with Crippen molar-refractivity contribution in [3.8, 4) is 0 Å². The predicted molar refractivity (Wildman–Crippen MR) is 70.6 cm³/mol. The first-order valence-electron chi connectivity index (χ1n) is 5.48. The van der Waals surface area contributed by atoms with E-state index in [2.05, 4.69) is 21.1 Å². The van der Waals surface area contributed by atoms with Gasteiger partial charge in [-0.2, -0.15) is 13.2 Å². The first-order chi connectivity index (χ1) is 9.21. The lowest BCUT2D eigenvalue weighted by Gasteiger charge is -2.25. The van der Waals surface area contributed by atoms with Gasteiger partial charge in [-0.1, -0.05) is 5.16 Å². The van der Waals surface area contributed by atoms with E-state index in [4.69, 9.17) is 10.9 Å². The lowest BCUT2D eigenvalue weighted by Crippen LogP contribution is -2.34. The molecule has 3 N–H and O–H groups in total. The lowest BCUT2D eigenvalue weighted by molar-refractivity contribution is -0.119. The molecule has 0 saturated carbocycles. The molecule has 0 aromatic heterocycles. The molecule has 1 rings (SSSR count). The van der Waals surface area contributed by atoms with Crippen molar-refractivity contribution in [1.82, 2.24) is 0 Å². The zero-order valence-electron chi connectivity index (χ0n) is 10.4. The van der Waals surface area contributed by atoms with Crippen LogP contribution in [0.5, 0.6) is 0 Å². The fraction of sp³-hybridized carbons (Fsp3) is 0.364. The first kappa shape index (κ1) is 16.5. The van der Waals surface area contributed by atoms with Crippen LogP contribution in [0.2, 0.25) is 0 Å². The molecule has 20 heavy (non-hydrogen) atoms. The highest BCUT2D eigenvalue weighted by Gasteiger charge is 2.31. The predicted octanol–water partition coefficient (Wildman–Crippen LogP) is 3.07. The van der Waals surface area contributed by atoms with E-state index in [9.17, 15) is 17.6 Å². The molecule has 0 amide bonds. The van der Waals surface area contributed by atoms with Gasteiger partial charge < -0.3 is 15.8 Å². The molecule has 0 spiro atoms. The van der Waals surface area contributed by atoms with E-state index in [0.717, 1.165) is 11.0 Å². The van der Waals surface area contributed by atoms with Crippen molar-refractivity contribution >= 4 is 27.5 Å². The second-order valence-corrected chi connectivity index (χ2v) is 4.67. The van der Waals surface area contributed by atoms with Crippen molar-refractivity contribution in [3.05, 3.63) is 28.0 Å². The normalized spacial score (nSPS) is 12.6. The monoisotopic (exact) mass is 357 g/mol. The maximum Gasteiger partial charge on any atom is 0.405 e. The largest absolute Gasteiger partial charge is 0.409 e. The molecular weight excluding hydrogens is 346 g/mol. The summed E-state index contributed by atoms with van der Waals surface area (Å²) in [5.41, 5.74) is 5.17. The van der Waals surface area contributed by atoms with Gasteiger partial charge in [0.05, 0.1) is 10.2 Å². The molecule has 112 valence electrons. The standard InChI is InChI=1S/C11H12BrF4N3O/c1-2-19(5-11(14,15)16)7-4-3-6(10(17)18-20)8(12)9(7)13/h3-4,20H,2,5H2,1H3,(H2,17,18). The molecule has 0 fully saturated rings. The third-order valence-electron chi connectivity index (χ3n) is 2.54. The van der Waals surface area contributed by atoms with Crippen LogP contribution in [0, 0.1) is 5.82 Å². The summed E-state index contributed by atoms with van der Waals surface area (Å²) in [6, 6.07) is 2.43. The summed E-state index contributed by atoms with van der Waals surface area (Å²) in [7, 11) is 0. The fourth-order valence-electron chi connectivity index (χ4n) is 1.62. The molecule has 0 saturated heterocycles. The summed E-state index contributed by atoms with van der Waals surface area (Å²) in [5.74, 6) is -1.25. The number of hydrogen-bond acceptors (Lipinski definition) is 3. The number of rotatable bonds is 4. The molecule has 4 nitrogen and oxygen atoms in total. The van der Waals surface area contributed by atoms with Gasteiger partial charge >= 0.3 is 6.18 Å². The van der Waals surface area contributed by atoms with Crippen LogP contribution in [0.4, 0.5) is 23.2 Å². The molecule has 0 atom stereocenters. The average Bonchev–Trinajstić information content (AvgIpc) is 2.37. The third-order valence-corrected chi connectivity index (χ3v) is 3.31. The van der Waals surface area contributed by atoms with E-state index < -0.39 is 18.5 Å². The van der Waals surface area contributed by atoms with Gasteiger partial charge in [0.1, 0.15) is 6.54 Å². The van der Waals surface area contributed by atoms with Crippen molar-refractivity contribution in [1.29, 1.82) is 0 Å². The van der Waals surface area contributed by atoms with Gasteiger partial charge in [0, 0.05) is 12.1 Å². The fourth-order valence-corrected chi connectivity index (χ4v) is 2.16. The van der Waals surface area contributed by atoms with Crippen LogP contribution in [-0.4, -0.2) is 30.3 Å². The van der Waals surface area contributed by atoms with Gasteiger partial charge in [-0.25, -0.2) is 4.39 Å².